The minimum atomic E-state index is -1.39. The van der Waals surface area contributed by atoms with Crippen LogP contribution in [-0.4, -0.2) is 34.3 Å². The summed E-state index contributed by atoms with van der Waals surface area (Å²) in [5.41, 5.74) is 11.1. The van der Waals surface area contributed by atoms with E-state index < -0.39 is 34.6 Å². The topological polar surface area (TPSA) is 133 Å². The molecule has 3 aromatic carbocycles. The summed E-state index contributed by atoms with van der Waals surface area (Å²) in [5, 5.41) is 6.14. The lowest BCUT2D eigenvalue weighted by Crippen LogP contribution is -2.37. The first-order chi connectivity index (χ1) is 18.7. The molecule has 1 aliphatic rings. The Labute approximate surface area is 230 Å². The number of benzene rings is 3. The normalized spacial score (nSPS) is 16.3. The molecule has 3 N–H and O–H groups in total. The zero-order chi connectivity index (χ0) is 28.0. The second-order valence-corrected chi connectivity index (χ2v) is 10.6. The maximum Gasteiger partial charge on any atom is 0.413 e. The van der Waals surface area contributed by atoms with E-state index in [0.717, 1.165) is 35.1 Å². The van der Waals surface area contributed by atoms with Gasteiger partial charge in [0.05, 0.1) is 11.1 Å². The van der Waals surface area contributed by atoms with Crippen molar-refractivity contribution in [2.45, 2.75) is 44.2 Å². The third-order valence-electron chi connectivity index (χ3n) is 6.68. The highest BCUT2D eigenvalue weighted by Gasteiger charge is 2.51. The number of carbonyl (C=O) groups is 2. The summed E-state index contributed by atoms with van der Waals surface area (Å²) in [5.74, 6) is 0.00291. The van der Waals surface area contributed by atoms with Crippen LogP contribution in [0.2, 0.25) is 0 Å². The molecule has 3 aromatic rings. The molecule has 1 fully saturated rings. The van der Waals surface area contributed by atoms with Gasteiger partial charge in [0, 0.05) is 6.26 Å². The fraction of sp³-hybridized carbons (Fsp3) is 0.276. The first-order valence-electron chi connectivity index (χ1n) is 12.5. The van der Waals surface area contributed by atoms with Crippen LogP contribution >= 0.6 is 0 Å². The second-order valence-electron chi connectivity index (χ2n) is 9.48. The lowest BCUT2D eigenvalue weighted by atomic mass is 9.93. The molecule has 2 amide bonds. The van der Waals surface area contributed by atoms with E-state index in [2.05, 4.69) is 20.1 Å². The van der Waals surface area contributed by atoms with E-state index >= 15 is 0 Å². The average Bonchev–Trinajstić information content (AvgIpc) is 3.75. The van der Waals surface area contributed by atoms with Crippen LogP contribution in [0.4, 0.5) is 10.5 Å². The zero-order valence-electron chi connectivity index (χ0n) is 22.0. The molecule has 0 bridgehead atoms. The fourth-order valence-corrected chi connectivity index (χ4v) is 4.68. The van der Waals surface area contributed by atoms with Crippen LogP contribution in [0.15, 0.2) is 89.0 Å². The van der Waals surface area contributed by atoms with Crippen molar-refractivity contribution in [1.29, 1.82) is 5.53 Å². The maximum absolute atomic E-state index is 12.5. The molecule has 39 heavy (non-hydrogen) atoms. The Balaban J connectivity index is 1.45. The first kappa shape index (κ1) is 27.8. The number of rotatable bonds is 9. The molecule has 1 saturated carbocycles. The van der Waals surface area contributed by atoms with Gasteiger partial charge in [-0.1, -0.05) is 66.7 Å². The van der Waals surface area contributed by atoms with E-state index in [4.69, 9.17) is 10.3 Å². The van der Waals surface area contributed by atoms with Crippen molar-refractivity contribution in [1.82, 2.24) is 10.0 Å². The fourth-order valence-electron chi connectivity index (χ4n) is 4.22. The van der Waals surface area contributed by atoms with Gasteiger partial charge in [-0.2, -0.15) is 5.11 Å². The Bertz CT molecular complexity index is 1390. The van der Waals surface area contributed by atoms with Crippen LogP contribution in [0.5, 0.6) is 0 Å². The van der Waals surface area contributed by atoms with Crippen molar-refractivity contribution in [3.63, 3.8) is 0 Å². The summed E-state index contributed by atoms with van der Waals surface area (Å²) in [6, 6.07) is 23.9. The van der Waals surface area contributed by atoms with Crippen molar-refractivity contribution >= 4 is 34.5 Å². The molecule has 0 spiro atoms. The highest BCUT2D eigenvalue weighted by molar-refractivity contribution is 7.82. The van der Waals surface area contributed by atoms with Crippen molar-refractivity contribution in [3.05, 3.63) is 90.0 Å². The number of amides is 2. The minimum absolute atomic E-state index is 0.199. The minimum Gasteiger partial charge on any atom is -0.441 e. The molecule has 3 atom stereocenters. The number of alkyl carbamates (subject to hydrolysis) is 1. The lowest BCUT2D eigenvalue weighted by molar-refractivity contribution is -0.121. The largest absolute Gasteiger partial charge is 0.441 e. The van der Waals surface area contributed by atoms with E-state index in [1.807, 2.05) is 78.9 Å². The summed E-state index contributed by atoms with van der Waals surface area (Å²) in [4.78, 5) is 29.5. The van der Waals surface area contributed by atoms with Gasteiger partial charge < -0.3 is 4.74 Å². The van der Waals surface area contributed by atoms with Crippen molar-refractivity contribution in [2.75, 3.05) is 6.26 Å². The SMILES string of the molecule is CC(N=N)C(=Nc1ccc(-c2ccc(C3(C(=O)NS(C)=O)CC3)cc2)cc1)NC(=O)OC(C)c1ccccc1. The number of hydrogen-bond donors (Lipinski definition) is 3. The molecule has 9 nitrogen and oxygen atoms in total. The van der Waals surface area contributed by atoms with Crippen molar-refractivity contribution < 1.29 is 18.5 Å². The predicted molar refractivity (Wildman–Crippen MR) is 151 cm³/mol. The Morgan fingerprint density at radius 2 is 1.54 bits per heavy atom. The Morgan fingerprint density at radius 3 is 2.08 bits per heavy atom. The molecule has 0 radical (unpaired) electrons. The van der Waals surface area contributed by atoms with Gasteiger partial charge in [0.25, 0.3) is 0 Å². The number of amidine groups is 1. The van der Waals surface area contributed by atoms with Gasteiger partial charge >= 0.3 is 6.09 Å². The number of ether oxygens (including phenoxy) is 1. The molecule has 1 aliphatic carbocycles. The van der Waals surface area contributed by atoms with Gasteiger partial charge in [0.2, 0.25) is 5.91 Å². The lowest BCUT2D eigenvalue weighted by Gasteiger charge is -2.16. The first-order valence-corrected chi connectivity index (χ1v) is 14.1. The molecule has 10 heteroatoms. The summed E-state index contributed by atoms with van der Waals surface area (Å²) < 4.78 is 19.4. The third-order valence-corrected chi connectivity index (χ3v) is 7.15. The van der Waals surface area contributed by atoms with Crippen LogP contribution in [0.25, 0.3) is 11.1 Å². The molecule has 0 saturated heterocycles. The Morgan fingerprint density at radius 1 is 0.949 bits per heavy atom. The second kappa shape index (κ2) is 12.1. The van der Waals surface area contributed by atoms with Gasteiger partial charge in [0.1, 0.15) is 29.0 Å². The number of carbonyl (C=O) groups excluding carboxylic acids is 2. The smallest absolute Gasteiger partial charge is 0.413 e. The van der Waals surface area contributed by atoms with Crippen LogP contribution < -0.4 is 10.0 Å². The van der Waals surface area contributed by atoms with E-state index in [-0.39, 0.29) is 11.7 Å². The van der Waals surface area contributed by atoms with Gasteiger partial charge in [0.15, 0.2) is 0 Å². The molecule has 4 rings (SSSR count). The van der Waals surface area contributed by atoms with E-state index in [9.17, 15) is 13.8 Å². The van der Waals surface area contributed by atoms with Crippen molar-refractivity contribution in [2.24, 2.45) is 10.1 Å². The van der Waals surface area contributed by atoms with Gasteiger partial charge in [-0.05, 0) is 61.1 Å². The molecule has 0 aromatic heterocycles. The standard InChI is InChI=1S/C29H31N5O4S/c1-19(33-30)26(32-28(36)38-20(2)21-7-5-4-6-8-21)31-25-15-11-23(12-16-25)22-9-13-24(14-10-22)29(17-18-29)27(35)34-39(3)37/h4-16,19-20,30H,17-18H2,1-3H3,(H,34,35)(H,31,32,36). The van der Waals surface area contributed by atoms with Crippen LogP contribution in [-0.2, 0) is 25.9 Å². The Hall–Kier alpha value is -4.18. The zero-order valence-corrected chi connectivity index (χ0v) is 22.8. The number of aliphatic imine (C=N–C) groups is 1. The highest BCUT2D eigenvalue weighted by atomic mass is 32.2. The van der Waals surface area contributed by atoms with E-state index in [1.165, 1.54) is 6.26 Å². The van der Waals surface area contributed by atoms with Crippen LogP contribution in [0.1, 0.15) is 43.9 Å². The molecular weight excluding hydrogens is 514 g/mol. The summed E-state index contributed by atoms with van der Waals surface area (Å²) in [6.07, 6.45) is 1.79. The summed E-state index contributed by atoms with van der Waals surface area (Å²) in [7, 11) is -1.39. The molecule has 0 aliphatic heterocycles. The number of nitrogens with zero attached hydrogens (tertiary/aromatic N) is 2. The average molecular weight is 546 g/mol. The van der Waals surface area contributed by atoms with E-state index in [0.29, 0.717) is 5.69 Å². The molecule has 202 valence electrons. The van der Waals surface area contributed by atoms with Crippen LogP contribution in [0.3, 0.4) is 0 Å². The van der Waals surface area contributed by atoms with Crippen LogP contribution in [0, 0.1) is 5.53 Å². The predicted octanol–water partition coefficient (Wildman–Crippen LogP) is 5.73. The van der Waals surface area contributed by atoms with E-state index in [1.54, 1.807) is 13.8 Å². The maximum atomic E-state index is 12.5. The molecule has 0 heterocycles. The van der Waals surface area contributed by atoms with Crippen molar-refractivity contribution in [3.8, 4) is 11.1 Å². The summed E-state index contributed by atoms with van der Waals surface area (Å²) in [6.45, 7) is 3.44. The monoisotopic (exact) mass is 545 g/mol. The quantitative estimate of drug-likeness (QED) is 0.180. The summed E-state index contributed by atoms with van der Waals surface area (Å²) >= 11 is 0. The number of hydrogen-bond acceptors (Lipinski definition) is 7. The van der Waals surface area contributed by atoms with Gasteiger partial charge in [-0.25, -0.2) is 19.5 Å². The van der Waals surface area contributed by atoms with Gasteiger partial charge in [-0.15, -0.1) is 0 Å². The third kappa shape index (κ3) is 6.83. The Kier molecular flexibility index (Phi) is 8.65. The molecular formula is C29H31N5O4S. The van der Waals surface area contributed by atoms with Gasteiger partial charge in [-0.3, -0.25) is 14.8 Å². The number of nitrogens with one attached hydrogen (secondary N) is 3. The highest BCUT2D eigenvalue weighted by Crippen LogP contribution is 2.48. The molecule has 3 unspecified atom stereocenters.